The predicted octanol–water partition coefficient (Wildman–Crippen LogP) is 4.17. The van der Waals surface area contributed by atoms with Crippen LogP contribution in [0.25, 0.3) is 0 Å². The lowest BCUT2D eigenvalue weighted by molar-refractivity contribution is -0.137. The molecule has 6 heteroatoms. The van der Waals surface area contributed by atoms with Crippen molar-refractivity contribution in [1.82, 2.24) is 0 Å². The van der Waals surface area contributed by atoms with E-state index >= 15 is 0 Å². The van der Waals surface area contributed by atoms with Crippen molar-refractivity contribution in [2.45, 2.75) is 12.6 Å². The second kappa shape index (κ2) is 5.06. The molecule has 0 aliphatic heterocycles. The van der Waals surface area contributed by atoms with Gasteiger partial charge in [0.2, 0.25) is 0 Å². The Balaban J connectivity index is 3.13. The van der Waals surface area contributed by atoms with E-state index in [1.165, 1.54) is 6.07 Å². The summed E-state index contributed by atoms with van der Waals surface area (Å²) >= 11 is 10.9. The zero-order chi connectivity index (χ0) is 12.3. The molecule has 0 radical (unpaired) electrons. The van der Waals surface area contributed by atoms with Gasteiger partial charge in [0.1, 0.15) is 0 Å². The maximum absolute atomic E-state index is 12.4. The van der Waals surface area contributed by atoms with Gasteiger partial charge in [0, 0.05) is 22.9 Å². The number of carbonyl (C=O) groups excluding carboxylic acids is 1. The molecule has 0 N–H and O–H groups in total. The van der Waals surface area contributed by atoms with Crippen molar-refractivity contribution in [2.24, 2.45) is 0 Å². The van der Waals surface area contributed by atoms with Crippen LogP contribution in [0, 0.1) is 0 Å². The van der Waals surface area contributed by atoms with Crippen molar-refractivity contribution >= 4 is 29.0 Å². The van der Waals surface area contributed by atoms with Crippen LogP contribution in [-0.4, -0.2) is 11.7 Å². The molecule has 0 unspecified atom stereocenters. The predicted molar refractivity (Wildman–Crippen MR) is 56.1 cm³/mol. The molecular formula is C10H7Cl2F3O. The van der Waals surface area contributed by atoms with E-state index in [9.17, 15) is 18.0 Å². The second-order valence-corrected chi connectivity index (χ2v) is 3.90. The van der Waals surface area contributed by atoms with Crippen LogP contribution in [0.4, 0.5) is 13.2 Å². The van der Waals surface area contributed by atoms with Crippen LogP contribution in [-0.2, 0) is 6.18 Å². The third kappa shape index (κ3) is 3.39. The monoisotopic (exact) mass is 270 g/mol. The van der Waals surface area contributed by atoms with Gasteiger partial charge in [0.15, 0.2) is 5.78 Å². The Labute approximate surface area is 100 Å². The molecule has 0 fully saturated rings. The quantitative estimate of drug-likeness (QED) is 0.595. The zero-order valence-electron chi connectivity index (χ0n) is 7.94. The highest BCUT2D eigenvalue weighted by molar-refractivity contribution is 6.31. The summed E-state index contributed by atoms with van der Waals surface area (Å²) in [5, 5.41) is -0.118. The molecule has 0 aliphatic carbocycles. The van der Waals surface area contributed by atoms with E-state index in [0.29, 0.717) is 0 Å². The van der Waals surface area contributed by atoms with Gasteiger partial charge in [-0.2, -0.15) is 13.2 Å². The first-order chi connectivity index (χ1) is 7.34. The molecule has 1 rings (SSSR count). The molecule has 88 valence electrons. The minimum Gasteiger partial charge on any atom is -0.294 e. The van der Waals surface area contributed by atoms with E-state index < -0.39 is 17.5 Å². The van der Waals surface area contributed by atoms with Crippen LogP contribution in [0.1, 0.15) is 22.3 Å². The number of benzene rings is 1. The molecule has 1 aromatic rings. The number of hydrogen-bond acceptors (Lipinski definition) is 1. The summed E-state index contributed by atoms with van der Waals surface area (Å²) in [5.41, 5.74) is -1.00. The highest BCUT2D eigenvalue weighted by Gasteiger charge is 2.31. The number of halogens is 5. The minimum atomic E-state index is -4.51. The topological polar surface area (TPSA) is 17.1 Å². The summed E-state index contributed by atoms with van der Waals surface area (Å²) in [6.45, 7) is 0. The van der Waals surface area contributed by atoms with E-state index in [2.05, 4.69) is 0 Å². The van der Waals surface area contributed by atoms with Gasteiger partial charge in [-0.1, -0.05) is 11.6 Å². The first-order valence-corrected chi connectivity index (χ1v) is 5.23. The van der Waals surface area contributed by atoms with Crippen LogP contribution in [0.2, 0.25) is 5.02 Å². The lowest BCUT2D eigenvalue weighted by atomic mass is 10.1. The van der Waals surface area contributed by atoms with Crippen molar-refractivity contribution < 1.29 is 18.0 Å². The van der Waals surface area contributed by atoms with Crippen LogP contribution >= 0.6 is 23.2 Å². The molecule has 0 saturated heterocycles. The Hall–Kier alpha value is -0.740. The van der Waals surface area contributed by atoms with Gasteiger partial charge in [0.25, 0.3) is 0 Å². The van der Waals surface area contributed by atoms with E-state index in [4.69, 9.17) is 23.2 Å². The Morgan fingerprint density at radius 3 is 2.38 bits per heavy atom. The molecule has 0 atom stereocenters. The maximum atomic E-state index is 12.4. The van der Waals surface area contributed by atoms with Gasteiger partial charge in [-0.05, 0) is 18.2 Å². The summed E-state index contributed by atoms with van der Waals surface area (Å²) in [4.78, 5) is 11.4. The highest BCUT2D eigenvalue weighted by atomic mass is 35.5. The smallest absolute Gasteiger partial charge is 0.294 e. The summed E-state index contributed by atoms with van der Waals surface area (Å²) in [6.07, 6.45) is -4.53. The number of rotatable bonds is 3. The molecule has 0 aliphatic rings. The van der Waals surface area contributed by atoms with Crippen LogP contribution in [0.5, 0.6) is 0 Å². The number of hydrogen-bond donors (Lipinski definition) is 0. The molecule has 1 nitrogen and oxygen atoms in total. The summed E-state index contributed by atoms with van der Waals surface area (Å²) < 4.78 is 37.2. The largest absolute Gasteiger partial charge is 0.416 e. The SMILES string of the molecule is O=C(CCCl)c1cc(Cl)cc(C(F)(F)F)c1. The fraction of sp³-hybridized carbons (Fsp3) is 0.300. The fourth-order valence-electron chi connectivity index (χ4n) is 1.14. The number of carbonyl (C=O) groups is 1. The molecule has 0 aromatic heterocycles. The van der Waals surface area contributed by atoms with Gasteiger partial charge < -0.3 is 0 Å². The first kappa shape index (κ1) is 13.3. The summed E-state index contributed by atoms with van der Waals surface area (Å²) in [6, 6.07) is 2.76. The van der Waals surface area contributed by atoms with Crippen LogP contribution in [0.3, 0.4) is 0 Å². The molecule has 0 saturated carbocycles. The van der Waals surface area contributed by atoms with Gasteiger partial charge in [-0.15, -0.1) is 11.6 Å². The van der Waals surface area contributed by atoms with E-state index in [0.717, 1.165) is 12.1 Å². The normalized spacial score (nSPS) is 11.6. The Kier molecular flexibility index (Phi) is 4.21. The maximum Gasteiger partial charge on any atom is 0.416 e. The number of Topliss-reactive ketones (excluding diaryl/α,β-unsaturated/α-hetero) is 1. The summed E-state index contributed by atoms with van der Waals surface area (Å²) in [7, 11) is 0. The van der Waals surface area contributed by atoms with E-state index in [1.807, 2.05) is 0 Å². The average molecular weight is 271 g/mol. The molecule has 0 spiro atoms. The third-order valence-corrected chi connectivity index (χ3v) is 2.28. The van der Waals surface area contributed by atoms with Crippen molar-refractivity contribution in [1.29, 1.82) is 0 Å². The Bertz CT molecular complexity index is 402. The highest BCUT2D eigenvalue weighted by Crippen LogP contribution is 2.32. The molecule has 0 amide bonds. The van der Waals surface area contributed by atoms with Crippen LogP contribution in [0.15, 0.2) is 18.2 Å². The Morgan fingerprint density at radius 2 is 1.88 bits per heavy atom. The first-order valence-electron chi connectivity index (χ1n) is 4.31. The minimum absolute atomic E-state index is 0.0147. The van der Waals surface area contributed by atoms with Gasteiger partial charge >= 0.3 is 6.18 Å². The molecule has 0 heterocycles. The fourth-order valence-corrected chi connectivity index (χ4v) is 1.55. The van der Waals surface area contributed by atoms with Crippen molar-refractivity contribution in [3.63, 3.8) is 0 Å². The second-order valence-electron chi connectivity index (χ2n) is 3.09. The van der Waals surface area contributed by atoms with Gasteiger partial charge in [0.05, 0.1) is 5.56 Å². The zero-order valence-corrected chi connectivity index (χ0v) is 9.46. The van der Waals surface area contributed by atoms with Crippen molar-refractivity contribution in [3.05, 3.63) is 34.3 Å². The van der Waals surface area contributed by atoms with E-state index in [-0.39, 0.29) is 22.9 Å². The molecule has 16 heavy (non-hydrogen) atoms. The standard InChI is InChI=1S/C10H7Cl2F3O/c11-2-1-9(16)6-3-7(10(13,14)15)5-8(12)4-6/h3-5H,1-2H2. The molecule has 0 bridgehead atoms. The summed E-state index contributed by atoms with van der Waals surface area (Å²) in [5.74, 6) is -0.393. The Morgan fingerprint density at radius 1 is 1.25 bits per heavy atom. The molecular weight excluding hydrogens is 264 g/mol. The lowest BCUT2D eigenvalue weighted by Crippen LogP contribution is -2.08. The lowest BCUT2D eigenvalue weighted by Gasteiger charge is -2.09. The van der Waals surface area contributed by atoms with Crippen LogP contribution < -0.4 is 0 Å². The third-order valence-electron chi connectivity index (χ3n) is 1.87. The number of alkyl halides is 4. The van der Waals surface area contributed by atoms with E-state index in [1.54, 1.807) is 0 Å². The van der Waals surface area contributed by atoms with Gasteiger partial charge in [-0.3, -0.25) is 4.79 Å². The average Bonchev–Trinajstić information content (AvgIpc) is 2.16. The van der Waals surface area contributed by atoms with Crippen molar-refractivity contribution in [2.75, 3.05) is 5.88 Å². The van der Waals surface area contributed by atoms with Crippen molar-refractivity contribution in [3.8, 4) is 0 Å². The van der Waals surface area contributed by atoms with Gasteiger partial charge in [-0.25, -0.2) is 0 Å². The number of ketones is 1. The molecule has 1 aromatic carbocycles.